The predicted octanol–water partition coefficient (Wildman–Crippen LogP) is 4.03. The van der Waals surface area contributed by atoms with E-state index in [0.29, 0.717) is 32.2 Å². The number of nitrogens with two attached hydrogens (primary N) is 1. The zero-order chi connectivity index (χ0) is 25.6. The van der Waals surface area contributed by atoms with Crippen LogP contribution in [0.1, 0.15) is 123 Å². The van der Waals surface area contributed by atoms with E-state index in [2.05, 4.69) is 17.6 Å². The van der Waals surface area contributed by atoms with Crippen LogP contribution in [0.15, 0.2) is 0 Å². The molecule has 0 aromatic rings. The highest BCUT2D eigenvalue weighted by molar-refractivity contribution is 5.90. The molecule has 0 heterocycles. The molecule has 0 aromatic heterocycles. The molecule has 0 radical (unpaired) electrons. The Labute approximate surface area is 206 Å². The van der Waals surface area contributed by atoms with Gasteiger partial charge in [0, 0.05) is 6.42 Å². The average molecular weight is 486 g/mol. The molecule has 8 nitrogen and oxygen atoms in total. The predicted molar refractivity (Wildman–Crippen MR) is 136 cm³/mol. The van der Waals surface area contributed by atoms with Gasteiger partial charge in [-0.2, -0.15) is 0 Å². The van der Waals surface area contributed by atoms with E-state index < -0.39 is 30.1 Å². The van der Waals surface area contributed by atoms with Crippen LogP contribution in [0.2, 0.25) is 0 Å². The molecule has 0 unspecified atom stereocenters. The maximum atomic E-state index is 12.5. The number of aliphatic carboxylic acids is 1. The van der Waals surface area contributed by atoms with E-state index in [9.17, 15) is 24.6 Å². The van der Waals surface area contributed by atoms with Crippen LogP contribution < -0.4 is 16.4 Å². The molecule has 0 aliphatic rings. The standard InChI is InChI=1S/C26H51N3O5/c1-3-4-5-6-7-8-9-10-11-12-13-14-15-19-23(31)28-22(18-16-17-20-27)25(32)29-24(21(2)30)26(33)34/h21-22,24,30H,3-20,27H2,1-2H3,(H,28,31)(H,29,32)(H,33,34)/t21-,22+,24+/m1/s1. The smallest absolute Gasteiger partial charge is 0.328 e. The van der Waals surface area contributed by atoms with Crippen molar-refractivity contribution in [2.45, 2.75) is 141 Å². The van der Waals surface area contributed by atoms with Crippen molar-refractivity contribution in [3.05, 3.63) is 0 Å². The number of carboxylic acid groups (broad SMARTS) is 1. The van der Waals surface area contributed by atoms with Gasteiger partial charge in [-0.05, 0) is 39.2 Å². The number of carbonyl (C=O) groups is 3. The highest BCUT2D eigenvalue weighted by Crippen LogP contribution is 2.13. The summed E-state index contributed by atoms with van der Waals surface area (Å²) in [5.41, 5.74) is 5.52. The monoisotopic (exact) mass is 485 g/mol. The summed E-state index contributed by atoms with van der Waals surface area (Å²) in [6, 6.07) is -2.25. The van der Waals surface area contributed by atoms with E-state index in [0.717, 1.165) is 19.3 Å². The van der Waals surface area contributed by atoms with Crippen LogP contribution in [0.3, 0.4) is 0 Å². The summed E-state index contributed by atoms with van der Waals surface area (Å²) in [7, 11) is 0. The van der Waals surface area contributed by atoms with Crippen molar-refractivity contribution in [3.63, 3.8) is 0 Å². The first-order valence-corrected chi connectivity index (χ1v) is 13.5. The molecule has 34 heavy (non-hydrogen) atoms. The number of amides is 2. The first-order chi connectivity index (χ1) is 16.3. The molecule has 2 amide bonds. The molecule has 0 aromatic carbocycles. The second kappa shape index (κ2) is 21.8. The molecule has 200 valence electrons. The largest absolute Gasteiger partial charge is 0.480 e. The summed E-state index contributed by atoms with van der Waals surface area (Å²) in [5.74, 6) is -2.12. The van der Waals surface area contributed by atoms with Crippen molar-refractivity contribution in [2.24, 2.45) is 5.73 Å². The molecule has 0 aliphatic carbocycles. The average Bonchev–Trinajstić information content (AvgIpc) is 2.79. The number of carbonyl (C=O) groups excluding carboxylic acids is 2. The third kappa shape index (κ3) is 17.8. The number of aliphatic hydroxyl groups is 1. The number of hydrogen-bond acceptors (Lipinski definition) is 5. The zero-order valence-corrected chi connectivity index (χ0v) is 21.7. The van der Waals surface area contributed by atoms with Crippen molar-refractivity contribution in [1.82, 2.24) is 10.6 Å². The van der Waals surface area contributed by atoms with Crippen LogP contribution in [0, 0.1) is 0 Å². The van der Waals surface area contributed by atoms with Gasteiger partial charge in [0.2, 0.25) is 11.8 Å². The summed E-state index contributed by atoms with van der Waals surface area (Å²) in [6.45, 7) is 4.02. The van der Waals surface area contributed by atoms with Crippen molar-refractivity contribution in [3.8, 4) is 0 Å². The number of carboxylic acids is 1. The molecule has 0 fully saturated rings. The van der Waals surface area contributed by atoms with E-state index in [1.54, 1.807) is 0 Å². The number of nitrogens with one attached hydrogen (secondary N) is 2. The van der Waals surface area contributed by atoms with Gasteiger partial charge in [0.25, 0.3) is 0 Å². The molecule has 0 aliphatic heterocycles. The Hall–Kier alpha value is -1.67. The second-order valence-electron chi connectivity index (χ2n) is 9.46. The summed E-state index contributed by atoms with van der Waals surface area (Å²) >= 11 is 0. The minimum absolute atomic E-state index is 0.208. The Morgan fingerprint density at radius 1 is 0.765 bits per heavy atom. The maximum Gasteiger partial charge on any atom is 0.328 e. The van der Waals surface area contributed by atoms with Gasteiger partial charge in [-0.25, -0.2) is 4.79 Å². The molecule has 8 heteroatoms. The lowest BCUT2D eigenvalue weighted by molar-refractivity contribution is -0.145. The highest BCUT2D eigenvalue weighted by Gasteiger charge is 2.29. The highest BCUT2D eigenvalue weighted by atomic mass is 16.4. The number of rotatable bonds is 23. The molecular weight excluding hydrogens is 434 g/mol. The molecular formula is C26H51N3O5. The molecule has 0 bridgehead atoms. The van der Waals surface area contributed by atoms with E-state index in [1.165, 1.54) is 71.1 Å². The van der Waals surface area contributed by atoms with Gasteiger partial charge in [0.1, 0.15) is 6.04 Å². The third-order valence-corrected chi connectivity index (χ3v) is 6.15. The van der Waals surface area contributed by atoms with E-state index >= 15 is 0 Å². The van der Waals surface area contributed by atoms with Crippen LogP contribution in [0.5, 0.6) is 0 Å². The van der Waals surface area contributed by atoms with E-state index in [4.69, 9.17) is 5.73 Å². The van der Waals surface area contributed by atoms with Gasteiger partial charge < -0.3 is 26.6 Å². The summed E-state index contributed by atoms with van der Waals surface area (Å²) in [4.78, 5) is 36.2. The van der Waals surface area contributed by atoms with Crippen molar-refractivity contribution in [1.29, 1.82) is 0 Å². The lowest BCUT2D eigenvalue weighted by Gasteiger charge is -2.22. The normalized spacial score (nSPS) is 13.8. The summed E-state index contributed by atoms with van der Waals surface area (Å²) in [6.07, 6.45) is 16.8. The van der Waals surface area contributed by atoms with Gasteiger partial charge in [-0.1, -0.05) is 84.0 Å². The quantitative estimate of drug-likeness (QED) is 0.138. The van der Waals surface area contributed by atoms with E-state index in [1.807, 2.05) is 0 Å². The van der Waals surface area contributed by atoms with Crippen molar-refractivity contribution < 1.29 is 24.6 Å². The topological polar surface area (TPSA) is 142 Å². The number of aliphatic hydroxyl groups excluding tert-OH is 1. The van der Waals surface area contributed by atoms with Gasteiger partial charge in [0.05, 0.1) is 6.10 Å². The zero-order valence-electron chi connectivity index (χ0n) is 21.7. The first-order valence-electron chi connectivity index (χ1n) is 13.5. The van der Waals surface area contributed by atoms with Crippen LogP contribution in [-0.4, -0.2) is 52.7 Å². The van der Waals surface area contributed by atoms with Crippen LogP contribution in [0.4, 0.5) is 0 Å². The van der Waals surface area contributed by atoms with Crippen LogP contribution in [0.25, 0.3) is 0 Å². The Morgan fingerprint density at radius 2 is 1.26 bits per heavy atom. The molecule has 0 rings (SSSR count). The van der Waals surface area contributed by atoms with E-state index in [-0.39, 0.29) is 5.91 Å². The number of unbranched alkanes of at least 4 members (excludes halogenated alkanes) is 13. The maximum absolute atomic E-state index is 12.5. The molecule has 3 atom stereocenters. The minimum Gasteiger partial charge on any atom is -0.480 e. The fraction of sp³-hybridized carbons (Fsp3) is 0.885. The summed E-state index contributed by atoms with van der Waals surface area (Å²) in [5, 5.41) is 23.8. The fourth-order valence-corrected chi connectivity index (χ4v) is 3.97. The second-order valence-corrected chi connectivity index (χ2v) is 9.46. The molecule has 0 saturated heterocycles. The minimum atomic E-state index is -1.41. The Balaban J connectivity index is 4.12. The third-order valence-electron chi connectivity index (χ3n) is 6.15. The lowest BCUT2D eigenvalue weighted by Crippen LogP contribution is -2.54. The molecule has 0 spiro atoms. The Morgan fingerprint density at radius 3 is 1.71 bits per heavy atom. The fourth-order valence-electron chi connectivity index (χ4n) is 3.97. The Kier molecular flexibility index (Phi) is 20.8. The van der Waals surface area contributed by atoms with Crippen LogP contribution in [-0.2, 0) is 14.4 Å². The first kappa shape index (κ1) is 32.3. The van der Waals surface area contributed by atoms with Gasteiger partial charge >= 0.3 is 5.97 Å². The van der Waals surface area contributed by atoms with Crippen molar-refractivity contribution >= 4 is 17.8 Å². The van der Waals surface area contributed by atoms with Gasteiger partial charge in [0.15, 0.2) is 6.04 Å². The van der Waals surface area contributed by atoms with Gasteiger partial charge in [-0.15, -0.1) is 0 Å². The lowest BCUT2D eigenvalue weighted by atomic mass is 10.0. The van der Waals surface area contributed by atoms with Crippen molar-refractivity contribution in [2.75, 3.05) is 6.54 Å². The molecule has 0 saturated carbocycles. The number of hydrogen-bond donors (Lipinski definition) is 5. The van der Waals surface area contributed by atoms with Crippen LogP contribution >= 0.6 is 0 Å². The molecule has 6 N–H and O–H groups in total. The Bertz CT molecular complexity index is 543. The SMILES string of the molecule is CCCCCCCCCCCCCCCC(=O)N[C@@H](CCCCN)C(=O)N[C@H](C(=O)O)[C@@H](C)O. The summed E-state index contributed by atoms with van der Waals surface area (Å²) < 4.78 is 0. The van der Waals surface area contributed by atoms with Gasteiger partial charge in [-0.3, -0.25) is 9.59 Å².